The lowest BCUT2D eigenvalue weighted by molar-refractivity contribution is 0.101. The summed E-state index contributed by atoms with van der Waals surface area (Å²) in [6.45, 7) is 5.95. The minimum absolute atomic E-state index is 0.0589. The van der Waals surface area contributed by atoms with Crippen molar-refractivity contribution in [3.8, 4) is 0 Å². The number of ketones is 1. The molecular formula is C18H16O2. The normalized spacial score (nSPS) is 10.9. The summed E-state index contributed by atoms with van der Waals surface area (Å²) < 4.78 is 5.78. The van der Waals surface area contributed by atoms with E-state index in [1.54, 1.807) is 0 Å². The molecule has 3 aromatic rings. The van der Waals surface area contributed by atoms with Gasteiger partial charge >= 0.3 is 0 Å². The highest BCUT2D eigenvalue weighted by molar-refractivity contribution is 6.10. The summed E-state index contributed by atoms with van der Waals surface area (Å²) in [4.78, 5) is 12.5. The number of hydrogen-bond donors (Lipinski definition) is 0. The summed E-state index contributed by atoms with van der Waals surface area (Å²) in [5, 5.41) is 1.01. The fourth-order valence-corrected chi connectivity index (χ4v) is 2.39. The number of carbonyl (C=O) groups excluding carboxylic acids is 1. The number of fused-ring (bicyclic) bond motifs is 1. The Labute approximate surface area is 118 Å². The highest BCUT2D eigenvalue weighted by Crippen LogP contribution is 2.27. The van der Waals surface area contributed by atoms with Crippen molar-refractivity contribution in [1.82, 2.24) is 0 Å². The molecule has 0 amide bonds. The van der Waals surface area contributed by atoms with Gasteiger partial charge in [-0.05, 0) is 32.4 Å². The predicted octanol–water partition coefficient (Wildman–Crippen LogP) is 4.59. The van der Waals surface area contributed by atoms with Crippen LogP contribution in [0.15, 0.2) is 46.9 Å². The van der Waals surface area contributed by atoms with Crippen LogP contribution >= 0.6 is 0 Å². The van der Waals surface area contributed by atoms with E-state index in [-0.39, 0.29) is 5.78 Å². The summed E-state index contributed by atoms with van der Waals surface area (Å²) in [6, 6.07) is 13.6. The molecular weight excluding hydrogens is 248 g/mol. The summed E-state index contributed by atoms with van der Waals surface area (Å²) in [7, 11) is 0. The third kappa shape index (κ3) is 2.03. The van der Waals surface area contributed by atoms with Crippen LogP contribution in [-0.4, -0.2) is 5.78 Å². The molecule has 0 aliphatic carbocycles. The standard InChI is InChI=1S/C18H16O2/c1-11-4-7-14(8-5-11)17(19)18-13(3)15-9-6-12(2)10-16(15)20-18/h4-10H,1-3H3. The molecule has 2 nitrogen and oxygen atoms in total. The van der Waals surface area contributed by atoms with Gasteiger partial charge in [0.25, 0.3) is 0 Å². The van der Waals surface area contributed by atoms with Crippen molar-refractivity contribution in [2.75, 3.05) is 0 Å². The second-order valence-electron chi connectivity index (χ2n) is 5.25. The molecule has 0 bridgehead atoms. The second-order valence-corrected chi connectivity index (χ2v) is 5.25. The first-order chi connectivity index (χ1) is 9.56. The molecule has 0 aliphatic rings. The SMILES string of the molecule is Cc1ccc(C(=O)c2oc3cc(C)ccc3c2C)cc1. The van der Waals surface area contributed by atoms with Gasteiger partial charge in [-0.1, -0.05) is 42.0 Å². The van der Waals surface area contributed by atoms with Crippen LogP contribution in [0.5, 0.6) is 0 Å². The monoisotopic (exact) mass is 264 g/mol. The fraction of sp³-hybridized carbons (Fsp3) is 0.167. The van der Waals surface area contributed by atoms with Gasteiger partial charge in [0.1, 0.15) is 5.58 Å². The van der Waals surface area contributed by atoms with Gasteiger partial charge in [-0.2, -0.15) is 0 Å². The quantitative estimate of drug-likeness (QED) is 0.634. The topological polar surface area (TPSA) is 30.2 Å². The maximum atomic E-state index is 12.5. The van der Waals surface area contributed by atoms with E-state index in [0.29, 0.717) is 11.3 Å². The van der Waals surface area contributed by atoms with Crippen LogP contribution < -0.4 is 0 Å². The highest BCUT2D eigenvalue weighted by atomic mass is 16.3. The molecule has 0 saturated carbocycles. The van der Waals surface area contributed by atoms with Gasteiger partial charge < -0.3 is 4.42 Å². The molecule has 1 heterocycles. The van der Waals surface area contributed by atoms with Crippen molar-refractivity contribution in [3.05, 3.63) is 70.5 Å². The van der Waals surface area contributed by atoms with Crippen molar-refractivity contribution in [2.45, 2.75) is 20.8 Å². The molecule has 20 heavy (non-hydrogen) atoms. The zero-order chi connectivity index (χ0) is 14.3. The second kappa shape index (κ2) is 4.64. The average Bonchev–Trinajstić information content (AvgIpc) is 2.75. The fourth-order valence-electron chi connectivity index (χ4n) is 2.39. The number of furan rings is 1. The Morgan fingerprint density at radius 1 is 0.900 bits per heavy atom. The maximum absolute atomic E-state index is 12.5. The largest absolute Gasteiger partial charge is 0.452 e. The Hall–Kier alpha value is -2.35. The van der Waals surface area contributed by atoms with Crippen LogP contribution in [0.2, 0.25) is 0 Å². The summed E-state index contributed by atoms with van der Waals surface area (Å²) in [5.74, 6) is 0.380. The number of benzene rings is 2. The van der Waals surface area contributed by atoms with Crippen LogP contribution in [0, 0.1) is 20.8 Å². The molecule has 0 radical (unpaired) electrons. The third-order valence-electron chi connectivity index (χ3n) is 3.61. The van der Waals surface area contributed by atoms with Gasteiger partial charge in [-0.15, -0.1) is 0 Å². The van der Waals surface area contributed by atoms with E-state index in [2.05, 4.69) is 0 Å². The lowest BCUT2D eigenvalue weighted by atomic mass is 10.0. The Bertz CT molecular complexity index is 792. The molecule has 0 fully saturated rings. The molecule has 0 N–H and O–H groups in total. The lowest BCUT2D eigenvalue weighted by Gasteiger charge is -1.99. The minimum atomic E-state index is -0.0589. The Morgan fingerprint density at radius 3 is 2.25 bits per heavy atom. The van der Waals surface area contributed by atoms with Crippen LogP contribution in [0.3, 0.4) is 0 Å². The van der Waals surface area contributed by atoms with E-state index in [1.165, 1.54) is 0 Å². The van der Waals surface area contributed by atoms with Crippen LogP contribution in [-0.2, 0) is 0 Å². The number of rotatable bonds is 2. The zero-order valence-electron chi connectivity index (χ0n) is 11.9. The molecule has 0 atom stereocenters. The van der Waals surface area contributed by atoms with Crippen molar-refractivity contribution in [3.63, 3.8) is 0 Å². The number of aryl methyl sites for hydroxylation is 3. The molecule has 1 aromatic heterocycles. The number of hydrogen-bond acceptors (Lipinski definition) is 2. The summed E-state index contributed by atoms with van der Waals surface area (Å²) in [5.41, 5.74) is 4.61. The van der Waals surface area contributed by atoms with Crippen LogP contribution in [0.1, 0.15) is 32.8 Å². The Morgan fingerprint density at radius 2 is 1.55 bits per heavy atom. The molecule has 0 unspecified atom stereocenters. The smallest absolute Gasteiger partial charge is 0.228 e. The zero-order valence-corrected chi connectivity index (χ0v) is 11.9. The van der Waals surface area contributed by atoms with E-state index >= 15 is 0 Å². The van der Waals surface area contributed by atoms with Gasteiger partial charge in [0, 0.05) is 16.5 Å². The average molecular weight is 264 g/mol. The van der Waals surface area contributed by atoms with E-state index in [4.69, 9.17) is 4.42 Å². The van der Waals surface area contributed by atoms with Crippen molar-refractivity contribution < 1.29 is 9.21 Å². The van der Waals surface area contributed by atoms with Gasteiger partial charge in [0.15, 0.2) is 5.76 Å². The van der Waals surface area contributed by atoms with E-state index in [0.717, 1.165) is 27.7 Å². The predicted molar refractivity (Wildman–Crippen MR) is 80.3 cm³/mol. The van der Waals surface area contributed by atoms with Crippen LogP contribution in [0.25, 0.3) is 11.0 Å². The Kier molecular flexibility index (Phi) is 2.94. The molecule has 0 aliphatic heterocycles. The molecule has 2 heteroatoms. The first-order valence-electron chi connectivity index (χ1n) is 6.67. The molecule has 0 spiro atoms. The molecule has 3 rings (SSSR count). The van der Waals surface area contributed by atoms with Gasteiger partial charge in [0.05, 0.1) is 0 Å². The van der Waals surface area contributed by atoms with E-state index < -0.39 is 0 Å². The van der Waals surface area contributed by atoms with Gasteiger partial charge in [0.2, 0.25) is 5.78 Å². The van der Waals surface area contributed by atoms with Gasteiger partial charge in [-0.3, -0.25) is 4.79 Å². The van der Waals surface area contributed by atoms with Crippen LogP contribution in [0.4, 0.5) is 0 Å². The van der Waals surface area contributed by atoms with Crippen molar-refractivity contribution in [1.29, 1.82) is 0 Å². The first kappa shape index (κ1) is 12.7. The molecule has 2 aromatic carbocycles. The maximum Gasteiger partial charge on any atom is 0.228 e. The third-order valence-corrected chi connectivity index (χ3v) is 3.61. The van der Waals surface area contributed by atoms with Crippen molar-refractivity contribution in [2.24, 2.45) is 0 Å². The summed E-state index contributed by atoms with van der Waals surface area (Å²) >= 11 is 0. The number of carbonyl (C=O) groups is 1. The molecule has 100 valence electrons. The van der Waals surface area contributed by atoms with Gasteiger partial charge in [-0.25, -0.2) is 0 Å². The Balaban J connectivity index is 2.12. The minimum Gasteiger partial charge on any atom is -0.452 e. The first-order valence-corrected chi connectivity index (χ1v) is 6.67. The highest BCUT2D eigenvalue weighted by Gasteiger charge is 2.18. The molecule has 0 saturated heterocycles. The van der Waals surface area contributed by atoms with E-state index in [9.17, 15) is 4.79 Å². The van der Waals surface area contributed by atoms with E-state index in [1.807, 2.05) is 63.2 Å². The lowest BCUT2D eigenvalue weighted by Crippen LogP contribution is -2.01. The summed E-state index contributed by atoms with van der Waals surface area (Å²) in [6.07, 6.45) is 0. The van der Waals surface area contributed by atoms with Crippen molar-refractivity contribution >= 4 is 16.8 Å².